The Balaban J connectivity index is 2.05. The van der Waals surface area contributed by atoms with E-state index < -0.39 is 11.6 Å². The van der Waals surface area contributed by atoms with Crippen LogP contribution in [-0.2, 0) is 4.74 Å². The topological polar surface area (TPSA) is 21.3 Å². The zero-order valence-electron chi connectivity index (χ0n) is 12.9. The Kier molecular flexibility index (Phi) is 6.12. The third-order valence-electron chi connectivity index (χ3n) is 4.16. The summed E-state index contributed by atoms with van der Waals surface area (Å²) in [6.45, 7) is 5.26. The van der Waals surface area contributed by atoms with E-state index in [1.807, 2.05) is 6.92 Å². The Labute approximate surface area is 125 Å². The van der Waals surface area contributed by atoms with Crippen molar-refractivity contribution in [2.45, 2.75) is 58.1 Å². The van der Waals surface area contributed by atoms with Crippen molar-refractivity contribution in [1.82, 2.24) is 5.32 Å². The molecule has 1 aliphatic rings. The Morgan fingerprint density at radius 2 is 2.10 bits per heavy atom. The molecule has 0 aliphatic carbocycles. The molecule has 1 heterocycles. The first-order valence-corrected chi connectivity index (χ1v) is 7.92. The number of rotatable bonds is 6. The molecule has 1 aromatic carbocycles. The van der Waals surface area contributed by atoms with Gasteiger partial charge in [0.2, 0.25) is 0 Å². The molecule has 1 N–H and O–H groups in total. The highest BCUT2D eigenvalue weighted by atomic mass is 19.1. The fourth-order valence-corrected chi connectivity index (χ4v) is 2.95. The van der Waals surface area contributed by atoms with Crippen molar-refractivity contribution in [3.63, 3.8) is 0 Å². The molecule has 0 spiro atoms. The summed E-state index contributed by atoms with van der Waals surface area (Å²) in [4.78, 5) is 0. The lowest BCUT2D eigenvalue weighted by Gasteiger charge is -2.26. The van der Waals surface area contributed by atoms with Gasteiger partial charge in [-0.05, 0) is 57.2 Å². The van der Waals surface area contributed by atoms with Crippen LogP contribution in [0.1, 0.15) is 56.2 Å². The SMILES string of the molecule is CCNC(CCC1CCCCO1)c1cc(C)c(F)cc1F. The van der Waals surface area contributed by atoms with Crippen molar-refractivity contribution in [3.05, 3.63) is 34.9 Å². The molecule has 2 rings (SSSR count). The van der Waals surface area contributed by atoms with Gasteiger partial charge in [-0.15, -0.1) is 0 Å². The minimum absolute atomic E-state index is 0.0835. The zero-order valence-corrected chi connectivity index (χ0v) is 12.9. The molecule has 2 unspecified atom stereocenters. The first-order chi connectivity index (χ1) is 10.1. The Morgan fingerprint density at radius 3 is 2.76 bits per heavy atom. The highest BCUT2D eigenvalue weighted by Crippen LogP contribution is 2.27. The smallest absolute Gasteiger partial charge is 0.130 e. The van der Waals surface area contributed by atoms with E-state index in [0.29, 0.717) is 11.1 Å². The van der Waals surface area contributed by atoms with Crippen LogP contribution in [0.15, 0.2) is 12.1 Å². The first-order valence-electron chi connectivity index (χ1n) is 7.92. The molecule has 0 radical (unpaired) electrons. The second-order valence-electron chi connectivity index (χ2n) is 5.80. The van der Waals surface area contributed by atoms with Crippen LogP contribution in [0.3, 0.4) is 0 Å². The van der Waals surface area contributed by atoms with Gasteiger partial charge in [-0.1, -0.05) is 6.92 Å². The van der Waals surface area contributed by atoms with E-state index >= 15 is 0 Å². The summed E-state index contributed by atoms with van der Waals surface area (Å²) in [5.74, 6) is -0.948. The normalized spacial score (nSPS) is 20.5. The van der Waals surface area contributed by atoms with E-state index in [0.717, 1.165) is 44.9 Å². The van der Waals surface area contributed by atoms with Gasteiger partial charge >= 0.3 is 0 Å². The van der Waals surface area contributed by atoms with Crippen molar-refractivity contribution in [2.75, 3.05) is 13.2 Å². The molecule has 1 aliphatic heterocycles. The molecule has 4 heteroatoms. The zero-order chi connectivity index (χ0) is 15.2. The van der Waals surface area contributed by atoms with Gasteiger partial charge in [-0.3, -0.25) is 0 Å². The Hall–Kier alpha value is -1.00. The van der Waals surface area contributed by atoms with Gasteiger partial charge in [0.15, 0.2) is 0 Å². The average Bonchev–Trinajstić information content (AvgIpc) is 2.48. The maximum atomic E-state index is 14.1. The van der Waals surface area contributed by atoms with Gasteiger partial charge in [0.05, 0.1) is 6.10 Å². The molecule has 21 heavy (non-hydrogen) atoms. The molecule has 0 saturated carbocycles. The number of ether oxygens (including phenoxy) is 1. The van der Waals surface area contributed by atoms with Crippen molar-refractivity contribution in [2.24, 2.45) is 0 Å². The van der Waals surface area contributed by atoms with Crippen LogP contribution in [0.2, 0.25) is 0 Å². The van der Waals surface area contributed by atoms with E-state index in [1.165, 1.54) is 6.42 Å². The van der Waals surface area contributed by atoms with Gasteiger partial charge in [-0.2, -0.15) is 0 Å². The van der Waals surface area contributed by atoms with Gasteiger partial charge < -0.3 is 10.1 Å². The lowest BCUT2D eigenvalue weighted by Crippen LogP contribution is -2.25. The largest absolute Gasteiger partial charge is 0.378 e. The van der Waals surface area contributed by atoms with Gasteiger partial charge in [0, 0.05) is 24.3 Å². The molecule has 1 aromatic rings. The molecule has 0 aromatic heterocycles. The van der Waals surface area contributed by atoms with Crippen LogP contribution >= 0.6 is 0 Å². The maximum Gasteiger partial charge on any atom is 0.130 e. The van der Waals surface area contributed by atoms with Crippen LogP contribution in [0.25, 0.3) is 0 Å². The van der Waals surface area contributed by atoms with Crippen LogP contribution < -0.4 is 5.32 Å². The van der Waals surface area contributed by atoms with E-state index in [1.54, 1.807) is 13.0 Å². The summed E-state index contributed by atoms with van der Waals surface area (Å²) in [6, 6.07) is 2.53. The molecule has 118 valence electrons. The van der Waals surface area contributed by atoms with Crippen molar-refractivity contribution < 1.29 is 13.5 Å². The fraction of sp³-hybridized carbons (Fsp3) is 0.647. The maximum absolute atomic E-state index is 14.1. The number of aryl methyl sites for hydroxylation is 1. The second kappa shape index (κ2) is 7.85. The highest BCUT2D eigenvalue weighted by Gasteiger charge is 2.20. The minimum Gasteiger partial charge on any atom is -0.378 e. The molecule has 0 bridgehead atoms. The lowest BCUT2D eigenvalue weighted by molar-refractivity contribution is 0.00851. The Bertz CT molecular complexity index is 458. The number of hydrogen-bond donors (Lipinski definition) is 1. The van der Waals surface area contributed by atoms with Crippen LogP contribution in [0.4, 0.5) is 8.78 Å². The molecule has 1 saturated heterocycles. The summed E-state index contributed by atoms with van der Waals surface area (Å²) in [7, 11) is 0. The quantitative estimate of drug-likeness (QED) is 0.846. The van der Waals surface area contributed by atoms with Gasteiger partial charge in [-0.25, -0.2) is 8.78 Å². The fourth-order valence-electron chi connectivity index (χ4n) is 2.95. The van der Waals surface area contributed by atoms with E-state index in [2.05, 4.69) is 5.32 Å². The number of halogens is 2. The Morgan fingerprint density at radius 1 is 1.29 bits per heavy atom. The monoisotopic (exact) mass is 297 g/mol. The average molecular weight is 297 g/mol. The summed E-state index contributed by atoms with van der Waals surface area (Å²) < 4.78 is 33.2. The van der Waals surface area contributed by atoms with E-state index in [9.17, 15) is 8.78 Å². The van der Waals surface area contributed by atoms with Crippen LogP contribution in [-0.4, -0.2) is 19.3 Å². The summed E-state index contributed by atoms with van der Waals surface area (Å²) in [6.07, 6.45) is 5.43. The molecular weight excluding hydrogens is 272 g/mol. The van der Waals surface area contributed by atoms with Crippen molar-refractivity contribution in [3.8, 4) is 0 Å². The second-order valence-corrected chi connectivity index (χ2v) is 5.80. The molecule has 2 nitrogen and oxygen atoms in total. The van der Waals surface area contributed by atoms with E-state index in [-0.39, 0.29) is 12.1 Å². The first kappa shape index (κ1) is 16.4. The van der Waals surface area contributed by atoms with Crippen molar-refractivity contribution in [1.29, 1.82) is 0 Å². The van der Waals surface area contributed by atoms with Crippen LogP contribution in [0, 0.1) is 18.6 Å². The summed E-state index contributed by atoms with van der Waals surface area (Å²) in [5, 5.41) is 3.31. The molecular formula is C17H25F2NO. The third kappa shape index (κ3) is 4.48. The van der Waals surface area contributed by atoms with Gasteiger partial charge in [0.1, 0.15) is 11.6 Å². The molecule has 1 fully saturated rings. The molecule has 0 amide bonds. The predicted molar refractivity (Wildman–Crippen MR) is 80.3 cm³/mol. The van der Waals surface area contributed by atoms with Crippen molar-refractivity contribution >= 4 is 0 Å². The minimum atomic E-state index is -0.484. The van der Waals surface area contributed by atoms with E-state index in [4.69, 9.17) is 4.74 Å². The number of nitrogens with one attached hydrogen (secondary N) is 1. The molecule has 2 atom stereocenters. The van der Waals surface area contributed by atoms with Crippen LogP contribution in [0.5, 0.6) is 0 Å². The van der Waals surface area contributed by atoms with Gasteiger partial charge in [0.25, 0.3) is 0 Å². The standard InChI is InChI=1S/C17H25F2NO/c1-3-20-17(8-7-13-6-4-5-9-21-13)14-10-12(2)15(18)11-16(14)19/h10-11,13,17,20H,3-9H2,1-2H3. The number of benzene rings is 1. The summed E-state index contributed by atoms with van der Waals surface area (Å²) in [5.41, 5.74) is 1.05. The highest BCUT2D eigenvalue weighted by molar-refractivity contribution is 5.28. The summed E-state index contributed by atoms with van der Waals surface area (Å²) >= 11 is 0. The number of hydrogen-bond acceptors (Lipinski definition) is 2. The lowest BCUT2D eigenvalue weighted by atomic mass is 9.95. The predicted octanol–water partition coefficient (Wildman–Crippen LogP) is 4.27. The third-order valence-corrected chi connectivity index (χ3v) is 4.16.